The van der Waals surface area contributed by atoms with E-state index >= 15 is 0 Å². The molecule has 1 aliphatic carbocycles. The number of sulfonamides is 1. The van der Waals surface area contributed by atoms with E-state index in [4.69, 9.17) is 5.26 Å². The molecule has 0 bridgehead atoms. The third-order valence-corrected chi connectivity index (χ3v) is 4.98. The minimum absolute atomic E-state index is 0.215. The smallest absolute Gasteiger partial charge is 0.237 e. The molecular weight excluding hydrogens is 224 g/mol. The highest BCUT2D eigenvalue weighted by molar-refractivity contribution is 7.93. The molecule has 0 radical (unpaired) electrons. The van der Waals surface area contributed by atoms with Gasteiger partial charge in [0.15, 0.2) is 0 Å². The van der Waals surface area contributed by atoms with Crippen molar-refractivity contribution in [3.63, 3.8) is 0 Å². The second kappa shape index (κ2) is 3.80. The first-order valence-electron chi connectivity index (χ1n) is 5.03. The summed E-state index contributed by atoms with van der Waals surface area (Å²) in [7, 11) is -1.64. The van der Waals surface area contributed by atoms with Crippen LogP contribution >= 0.6 is 0 Å². The molecule has 1 saturated carbocycles. The highest BCUT2D eigenvalue weighted by Crippen LogP contribution is 2.32. The number of anilines is 1. The van der Waals surface area contributed by atoms with E-state index in [0.29, 0.717) is 11.3 Å². The Balaban J connectivity index is 2.27. The van der Waals surface area contributed by atoms with Crippen molar-refractivity contribution in [1.29, 1.82) is 5.26 Å². The number of nitriles is 1. The number of hydrogen-bond donors (Lipinski definition) is 0. The molecule has 1 aromatic carbocycles. The Morgan fingerprint density at radius 1 is 1.31 bits per heavy atom. The molecule has 84 valence electrons. The van der Waals surface area contributed by atoms with E-state index in [1.54, 1.807) is 31.3 Å². The minimum atomic E-state index is -3.19. The lowest BCUT2D eigenvalue weighted by atomic mass is 10.2. The molecule has 0 aromatic heterocycles. The van der Waals surface area contributed by atoms with Crippen LogP contribution in [-0.4, -0.2) is 20.7 Å². The molecule has 0 aliphatic heterocycles. The van der Waals surface area contributed by atoms with E-state index in [2.05, 4.69) is 0 Å². The Morgan fingerprint density at radius 2 is 1.88 bits per heavy atom. The van der Waals surface area contributed by atoms with Crippen LogP contribution in [0.1, 0.15) is 18.4 Å². The van der Waals surface area contributed by atoms with Gasteiger partial charge in [0.25, 0.3) is 0 Å². The van der Waals surface area contributed by atoms with Gasteiger partial charge in [-0.1, -0.05) is 0 Å². The van der Waals surface area contributed by atoms with Gasteiger partial charge in [-0.05, 0) is 37.1 Å². The first-order chi connectivity index (χ1) is 7.55. The fourth-order valence-electron chi connectivity index (χ4n) is 1.48. The zero-order valence-electron chi connectivity index (χ0n) is 8.92. The SMILES string of the molecule is CN(c1ccc(C#N)cc1)S(=O)(=O)C1CC1. The third-order valence-electron chi connectivity index (χ3n) is 2.69. The summed E-state index contributed by atoms with van der Waals surface area (Å²) in [5, 5.41) is 8.43. The van der Waals surface area contributed by atoms with Crippen molar-refractivity contribution in [2.45, 2.75) is 18.1 Å². The summed E-state index contributed by atoms with van der Waals surface area (Å²) in [6.07, 6.45) is 1.51. The van der Waals surface area contributed by atoms with Gasteiger partial charge in [-0.2, -0.15) is 5.26 Å². The number of nitrogens with zero attached hydrogens (tertiary/aromatic N) is 2. The lowest BCUT2D eigenvalue weighted by Crippen LogP contribution is -2.29. The maximum atomic E-state index is 11.9. The summed E-state index contributed by atoms with van der Waals surface area (Å²) < 4.78 is 25.1. The summed E-state index contributed by atoms with van der Waals surface area (Å²) in [5.41, 5.74) is 1.13. The molecular formula is C11H12N2O2S. The predicted octanol–water partition coefficient (Wildman–Crippen LogP) is 1.49. The number of rotatable bonds is 3. The van der Waals surface area contributed by atoms with E-state index in [1.807, 2.05) is 6.07 Å². The van der Waals surface area contributed by atoms with Crippen LogP contribution in [0.25, 0.3) is 0 Å². The van der Waals surface area contributed by atoms with Crippen molar-refractivity contribution in [1.82, 2.24) is 0 Å². The Kier molecular flexibility index (Phi) is 2.60. The summed E-state index contributed by atoms with van der Waals surface area (Å²) in [6.45, 7) is 0. The predicted molar refractivity (Wildman–Crippen MR) is 61.5 cm³/mol. The van der Waals surface area contributed by atoms with Gasteiger partial charge in [-0.3, -0.25) is 4.31 Å². The number of hydrogen-bond acceptors (Lipinski definition) is 3. The van der Waals surface area contributed by atoms with Crippen molar-refractivity contribution in [3.8, 4) is 6.07 Å². The molecule has 2 rings (SSSR count). The molecule has 1 aromatic rings. The van der Waals surface area contributed by atoms with Gasteiger partial charge in [-0.15, -0.1) is 0 Å². The van der Waals surface area contributed by atoms with Crippen LogP contribution in [0.3, 0.4) is 0 Å². The quantitative estimate of drug-likeness (QED) is 0.798. The van der Waals surface area contributed by atoms with E-state index in [1.165, 1.54) is 4.31 Å². The molecule has 0 N–H and O–H groups in total. The van der Waals surface area contributed by atoms with Crippen LogP contribution < -0.4 is 4.31 Å². The Hall–Kier alpha value is -1.54. The molecule has 0 spiro atoms. The lowest BCUT2D eigenvalue weighted by Gasteiger charge is -2.18. The largest absolute Gasteiger partial charge is 0.273 e. The Labute approximate surface area is 95.2 Å². The highest BCUT2D eigenvalue weighted by atomic mass is 32.2. The van der Waals surface area contributed by atoms with Crippen LogP contribution in [0.15, 0.2) is 24.3 Å². The van der Waals surface area contributed by atoms with Crippen molar-refractivity contribution < 1.29 is 8.42 Å². The fraction of sp³-hybridized carbons (Fsp3) is 0.364. The molecule has 0 atom stereocenters. The summed E-state index contributed by atoms with van der Waals surface area (Å²) in [4.78, 5) is 0. The molecule has 1 aliphatic rings. The van der Waals surface area contributed by atoms with Gasteiger partial charge < -0.3 is 0 Å². The van der Waals surface area contributed by atoms with Gasteiger partial charge in [0.1, 0.15) is 0 Å². The lowest BCUT2D eigenvalue weighted by molar-refractivity contribution is 0.593. The molecule has 5 heteroatoms. The van der Waals surface area contributed by atoms with Crippen LogP contribution in [0.5, 0.6) is 0 Å². The molecule has 16 heavy (non-hydrogen) atoms. The molecule has 4 nitrogen and oxygen atoms in total. The monoisotopic (exact) mass is 236 g/mol. The van der Waals surface area contributed by atoms with E-state index in [0.717, 1.165) is 12.8 Å². The van der Waals surface area contributed by atoms with Gasteiger partial charge in [-0.25, -0.2) is 8.42 Å². The number of benzene rings is 1. The van der Waals surface area contributed by atoms with Crippen LogP contribution in [0, 0.1) is 11.3 Å². The van der Waals surface area contributed by atoms with Crippen LogP contribution in [0.4, 0.5) is 5.69 Å². The first kappa shape index (κ1) is 11.0. The van der Waals surface area contributed by atoms with Crippen molar-refractivity contribution in [3.05, 3.63) is 29.8 Å². The minimum Gasteiger partial charge on any atom is -0.273 e. The van der Waals surface area contributed by atoms with E-state index in [9.17, 15) is 8.42 Å². The molecule has 1 fully saturated rings. The second-order valence-electron chi connectivity index (χ2n) is 3.87. The third kappa shape index (κ3) is 1.89. The van der Waals surface area contributed by atoms with Crippen molar-refractivity contribution in [2.75, 3.05) is 11.4 Å². The molecule has 0 heterocycles. The maximum absolute atomic E-state index is 11.9. The standard InChI is InChI=1S/C11H12N2O2S/c1-13(16(14,15)11-6-7-11)10-4-2-9(8-12)3-5-10/h2-5,11H,6-7H2,1H3. The van der Waals surface area contributed by atoms with Gasteiger partial charge in [0.2, 0.25) is 10.0 Å². The van der Waals surface area contributed by atoms with Gasteiger partial charge in [0.05, 0.1) is 22.6 Å². The first-order valence-corrected chi connectivity index (χ1v) is 6.54. The second-order valence-corrected chi connectivity index (χ2v) is 6.11. The van der Waals surface area contributed by atoms with Crippen molar-refractivity contribution in [2.24, 2.45) is 0 Å². The maximum Gasteiger partial charge on any atom is 0.237 e. The van der Waals surface area contributed by atoms with Gasteiger partial charge in [0, 0.05) is 7.05 Å². The van der Waals surface area contributed by atoms with Crippen molar-refractivity contribution >= 4 is 15.7 Å². The fourth-order valence-corrected chi connectivity index (χ4v) is 3.08. The Bertz CT molecular complexity index is 524. The molecule has 0 saturated heterocycles. The van der Waals surface area contributed by atoms with E-state index in [-0.39, 0.29) is 5.25 Å². The highest BCUT2D eigenvalue weighted by Gasteiger charge is 2.38. The zero-order chi connectivity index (χ0) is 11.8. The molecule has 0 amide bonds. The average molecular weight is 236 g/mol. The topological polar surface area (TPSA) is 61.2 Å². The average Bonchev–Trinajstić information content (AvgIpc) is 3.12. The summed E-state index contributed by atoms with van der Waals surface area (Å²) in [5.74, 6) is 0. The summed E-state index contributed by atoms with van der Waals surface area (Å²) >= 11 is 0. The zero-order valence-corrected chi connectivity index (χ0v) is 9.74. The normalized spacial score (nSPS) is 15.5. The Morgan fingerprint density at radius 3 is 2.31 bits per heavy atom. The van der Waals surface area contributed by atoms with Crippen LogP contribution in [-0.2, 0) is 10.0 Å². The van der Waals surface area contributed by atoms with E-state index < -0.39 is 10.0 Å². The summed E-state index contributed by atoms with van der Waals surface area (Å²) in [6, 6.07) is 8.54. The van der Waals surface area contributed by atoms with Crippen LogP contribution in [0.2, 0.25) is 0 Å². The molecule has 0 unspecified atom stereocenters. The van der Waals surface area contributed by atoms with Gasteiger partial charge >= 0.3 is 0 Å².